The monoisotopic (exact) mass is 333 g/mol. The van der Waals surface area contributed by atoms with Crippen LogP contribution in [0.1, 0.15) is 22.7 Å². The lowest BCUT2D eigenvalue weighted by Gasteiger charge is -2.20. The Morgan fingerprint density at radius 1 is 1.20 bits per heavy atom. The third kappa shape index (κ3) is 3.41. The van der Waals surface area contributed by atoms with Crippen LogP contribution >= 0.6 is 15.9 Å². The molecule has 0 aliphatic rings. The number of aryl methyl sites for hydroxylation is 1. The van der Waals surface area contributed by atoms with Gasteiger partial charge in [0.1, 0.15) is 5.75 Å². The second kappa shape index (κ2) is 6.91. The Bertz CT molecular complexity index is 583. The minimum atomic E-state index is 0.226. The van der Waals surface area contributed by atoms with Crippen LogP contribution < -0.4 is 10.1 Å². The van der Waals surface area contributed by atoms with Gasteiger partial charge in [0.25, 0.3) is 0 Å². The number of benzene rings is 2. The molecular weight excluding hydrogens is 314 g/mol. The van der Waals surface area contributed by atoms with E-state index < -0.39 is 0 Å². The summed E-state index contributed by atoms with van der Waals surface area (Å²) >= 11 is 3.61. The Hall–Kier alpha value is -1.32. The molecule has 0 amide bonds. The molecule has 106 valence electrons. The van der Waals surface area contributed by atoms with Crippen molar-refractivity contribution in [3.8, 4) is 5.75 Å². The van der Waals surface area contributed by atoms with E-state index in [2.05, 4.69) is 64.6 Å². The molecule has 2 aromatic rings. The zero-order valence-corrected chi connectivity index (χ0v) is 13.7. The first-order valence-corrected chi connectivity index (χ1v) is 7.50. The van der Waals surface area contributed by atoms with Crippen LogP contribution in [0.4, 0.5) is 0 Å². The van der Waals surface area contributed by atoms with Crippen molar-refractivity contribution in [1.82, 2.24) is 5.32 Å². The smallest absolute Gasteiger partial charge is 0.123 e. The van der Waals surface area contributed by atoms with Crippen LogP contribution in [0.25, 0.3) is 0 Å². The van der Waals surface area contributed by atoms with Crippen LogP contribution in [0, 0.1) is 6.92 Å². The van der Waals surface area contributed by atoms with Gasteiger partial charge in [-0.2, -0.15) is 0 Å². The van der Waals surface area contributed by atoms with Gasteiger partial charge in [-0.25, -0.2) is 0 Å². The summed E-state index contributed by atoms with van der Waals surface area (Å²) in [6.45, 7) is 2.08. The average molecular weight is 334 g/mol. The van der Waals surface area contributed by atoms with E-state index in [1.54, 1.807) is 7.11 Å². The molecule has 1 atom stereocenters. The maximum absolute atomic E-state index is 5.53. The minimum absolute atomic E-state index is 0.226. The quantitative estimate of drug-likeness (QED) is 0.882. The van der Waals surface area contributed by atoms with Gasteiger partial charge in [-0.05, 0) is 43.7 Å². The van der Waals surface area contributed by atoms with Crippen molar-refractivity contribution in [2.24, 2.45) is 0 Å². The highest BCUT2D eigenvalue weighted by atomic mass is 79.9. The normalized spacial score (nSPS) is 12.2. The zero-order valence-electron chi connectivity index (χ0n) is 12.1. The molecule has 20 heavy (non-hydrogen) atoms. The Morgan fingerprint density at radius 3 is 2.60 bits per heavy atom. The molecule has 0 aromatic heterocycles. The van der Waals surface area contributed by atoms with E-state index in [1.165, 1.54) is 16.7 Å². The molecule has 0 fully saturated rings. The van der Waals surface area contributed by atoms with Crippen LogP contribution in [0.2, 0.25) is 0 Å². The van der Waals surface area contributed by atoms with Crippen LogP contribution in [-0.4, -0.2) is 14.2 Å². The first-order valence-electron chi connectivity index (χ1n) is 6.71. The second-order valence-corrected chi connectivity index (χ2v) is 5.74. The van der Waals surface area contributed by atoms with E-state index in [0.717, 1.165) is 16.6 Å². The highest BCUT2D eigenvalue weighted by Gasteiger charge is 2.16. The summed E-state index contributed by atoms with van der Waals surface area (Å²) < 4.78 is 6.67. The number of hydrogen-bond acceptors (Lipinski definition) is 2. The largest absolute Gasteiger partial charge is 0.496 e. The summed E-state index contributed by atoms with van der Waals surface area (Å²) in [5.74, 6) is 0.941. The van der Waals surface area contributed by atoms with Gasteiger partial charge in [0.15, 0.2) is 0 Å². The molecule has 0 spiro atoms. The lowest BCUT2D eigenvalue weighted by atomic mass is 9.97. The Balaban J connectivity index is 2.31. The Morgan fingerprint density at radius 2 is 1.95 bits per heavy atom. The van der Waals surface area contributed by atoms with Crippen molar-refractivity contribution in [2.75, 3.05) is 14.2 Å². The van der Waals surface area contributed by atoms with Crippen molar-refractivity contribution >= 4 is 15.9 Å². The first-order chi connectivity index (χ1) is 9.65. The summed E-state index contributed by atoms with van der Waals surface area (Å²) in [4.78, 5) is 0. The molecule has 0 aliphatic heterocycles. The van der Waals surface area contributed by atoms with Crippen LogP contribution in [0.15, 0.2) is 46.9 Å². The van der Waals surface area contributed by atoms with E-state index in [1.807, 2.05) is 13.1 Å². The standard InChI is InChI=1S/C17H20BrNO/c1-12-8-9-14(17(10-12)20-3)16(19-2)11-13-6-4-5-7-15(13)18/h4-10,16,19H,11H2,1-3H3. The van der Waals surface area contributed by atoms with Crippen LogP contribution in [0.5, 0.6) is 5.75 Å². The number of halogens is 1. The molecule has 0 aliphatic carbocycles. The molecule has 0 heterocycles. The van der Waals surface area contributed by atoms with Crippen LogP contribution in [0.3, 0.4) is 0 Å². The summed E-state index contributed by atoms with van der Waals surface area (Å²) in [7, 11) is 3.71. The van der Waals surface area contributed by atoms with E-state index >= 15 is 0 Å². The fraction of sp³-hybridized carbons (Fsp3) is 0.294. The summed E-state index contributed by atoms with van der Waals surface area (Å²) in [5.41, 5.74) is 3.69. The van der Waals surface area contributed by atoms with Gasteiger partial charge in [0, 0.05) is 16.1 Å². The SMILES string of the molecule is CNC(Cc1ccccc1Br)c1ccc(C)cc1OC. The van der Waals surface area contributed by atoms with Crippen molar-refractivity contribution in [3.63, 3.8) is 0 Å². The topological polar surface area (TPSA) is 21.3 Å². The minimum Gasteiger partial charge on any atom is -0.496 e. The number of ether oxygens (including phenoxy) is 1. The molecule has 2 rings (SSSR count). The van der Waals surface area contributed by atoms with Gasteiger partial charge in [0.2, 0.25) is 0 Å². The molecular formula is C17H20BrNO. The molecule has 0 radical (unpaired) electrons. The van der Waals surface area contributed by atoms with E-state index in [0.29, 0.717) is 0 Å². The zero-order chi connectivity index (χ0) is 14.5. The highest BCUT2D eigenvalue weighted by molar-refractivity contribution is 9.10. The first kappa shape index (κ1) is 15.1. The fourth-order valence-electron chi connectivity index (χ4n) is 2.36. The van der Waals surface area contributed by atoms with E-state index in [4.69, 9.17) is 4.74 Å². The number of methoxy groups -OCH3 is 1. The van der Waals surface area contributed by atoms with Gasteiger partial charge in [-0.1, -0.05) is 46.3 Å². The van der Waals surface area contributed by atoms with E-state index in [9.17, 15) is 0 Å². The van der Waals surface area contributed by atoms with Crippen LogP contribution in [-0.2, 0) is 6.42 Å². The molecule has 1 unspecified atom stereocenters. The lowest BCUT2D eigenvalue weighted by Crippen LogP contribution is -2.19. The number of rotatable bonds is 5. The molecule has 0 saturated carbocycles. The maximum atomic E-state index is 5.53. The van der Waals surface area contributed by atoms with Crippen molar-refractivity contribution in [1.29, 1.82) is 0 Å². The van der Waals surface area contributed by atoms with Gasteiger partial charge in [0.05, 0.1) is 7.11 Å². The number of likely N-dealkylation sites (N-methyl/N-ethyl adjacent to an activating group) is 1. The predicted octanol–water partition coefficient (Wildman–Crippen LogP) is 4.27. The molecule has 1 N–H and O–H groups in total. The second-order valence-electron chi connectivity index (χ2n) is 4.88. The third-order valence-corrected chi connectivity index (χ3v) is 4.27. The highest BCUT2D eigenvalue weighted by Crippen LogP contribution is 2.30. The van der Waals surface area contributed by atoms with Crippen molar-refractivity contribution < 1.29 is 4.74 Å². The number of hydrogen-bond donors (Lipinski definition) is 1. The summed E-state index contributed by atoms with van der Waals surface area (Å²) in [6.07, 6.45) is 0.914. The lowest BCUT2D eigenvalue weighted by molar-refractivity contribution is 0.401. The van der Waals surface area contributed by atoms with Crippen molar-refractivity contribution in [2.45, 2.75) is 19.4 Å². The molecule has 2 nitrogen and oxygen atoms in total. The van der Waals surface area contributed by atoms with Crippen molar-refractivity contribution in [3.05, 3.63) is 63.6 Å². The predicted molar refractivity (Wildman–Crippen MR) is 87.4 cm³/mol. The molecule has 0 saturated heterocycles. The Labute approximate surface area is 129 Å². The maximum Gasteiger partial charge on any atom is 0.123 e. The molecule has 0 bridgehead atoms. The Kier molecular flexibility index (Phi) is 5.21. The molecule has 3 heteroatoms. The van der Waals surface area contributed by atoms with Gasteiger partial charge in [-0.3, -0.25) is 0 Å². The van der Waals surface area contributed by atoms with Gasteiger partial charge < -0.3 is 10.1 Å². The van der Waals surface area contributed by atoms with Gasteiger partial charge >= 0.3 is 0 Å². The fourth-order valence-corrected chi connectivity index (χ4v) is 2.80. The summed E-state index contributed by atoms with van der Waals surface area (Å²) in [6, 6.07) is 14.9. The molecule has 2 aromatic carbocycles. The van der Waals surface area contributed by atoms with Gasteiger partial charge in [-0.15, -0.1) is 0 Å². The van der Waals surface area contributed by atoms with E-state index in [-0.39, 0.29) is 6.04 Å². The third-order valence-electron chi connectivity index (χ3n) is 3.49. The summed E-state index contributed by atoms with van der Waals surface area (Å²) in [5, 5.41) is 3.39. The average Bonchev–Trinajstić information content (AvgIpc) is 2.46. The number of nitrogens with one attached hydrogen (secondary N) is 1.